The SMILES string of the molecule is O=C1N[C@@H](CC2=CC=CC3CC23)CO1. The van der Waals surface area contributed by atoms with Gasteiger partial charge in [0.15, 0.2) is 0 Å². The maximum Gasteiger partial charge on any atom is 0.407 e. The van der Waals surface area contributed by atoms with E-state index in [-0.39, 0.29) is 12.1 Å². The Morgan fingerprint density at radius 2 is 2.50 bits per heavy atom. The van der Waals surface area contributed by atoms with Gasteiger partial charge in [0.25, 0.3) is 0 Å². The number of carbonyl (C=O) groups is 1. The highest BCUT2D eigenvalue weighted by Crippen LogP contribution is 2.48. The third-order valence-corrected chi connectivity index (χ3v) is 3.20. The first kappa shape index (κ1) is 8.09. The first-order valence-electron chi connectivity index (χ1n) is 5.13. The minimum absolute atomic E-state index is 0.196. The highest BCUT2D eigenvalue weighted by Gasteiger charge is 2.40. The molecular formula is C11H13NO2. The Hall–Kier alpha value is -1.25. The Kier molecular flexibility index (Phi) is 1.66. The fourth-order valence-electron chi connectivity index (χ4n) is 2.34. The van der Waals surface area contributed by atoms with Gasteiger partial charge in [0.1, 0.15) is 6.61 Å². The van der Waals surface area contributed by atoms with Crippen LogP contribution in [-0.4, -0.2) is 18.7 Å². The highest BCUT2D eigenvalue weighted by atomic mass is 16.6. The van der Waals surface area contributed by atoms with Crippen LogP contribution in [0.25, 0.3) is 0 Å². The van der Waals surface area contributed by atoms with Gasteiger partial charge in [0.05, 0.1) is 6.04 Å². The summed E-state index contributed by atoms with van der Waals surface area (Å²) in [6.45, 7) is 0.525. The third kappa shape index (κ3) is 1.33. The van der Waals surface area contributed by atoms with E-state index >= 15 is 0 Å². The number of ether oxygens (including phenoxy) is 1. The summed E-state index contributed by atoms with van der Waals surface area (Å²) in [5.74, 6) is 1.55. The van der Waals surface area contributed by atoms with Crippen LogP contribution in [0, 0.1) is 11.8 Å². The zero-order chi connectivity index (χ0) is 9.54. The standard InChI is InChI=1S/C11H13NO2/c13-11-12-9(6-14-11)4-7-2-1-3-8-5-10(7)8/h1-3,8-10H,4-6H2,(H,12,13)/t8?,9-,10?/m0/s1. The van der Waals surface area contributed by atoms with Crippen LogP contribution in [0.3, 0.4) is 0 Å². The number of cyclic esters (lactones) is 1. The van der Waals surface area contributed by atoms with Crippen molar-refractivity contribution in [1.29, 1.82) is 0 Å². The molecule has 74 valence electrons. The molecule has 0 radical (unpaired) electrons. The lowest BCUT2D eigenvalue weighted by atomic mass is 9.98. The molecule has 2 unspecified atom stereocenters. The Bertz CT molecular complexity index is 332. The van der Waals surface area contributed by atoms with Crippen molar-refractivity contribution in [3.63, 3.8) is 0 Å². The predicted molar refractivity (Wildman–Crippen MR) is 51.7 cm³/mol. The van der Waals surface area contributed by atoms with Crippen LogP contribution < -0.4 is 5.32 Å². The Balaban J connectivity index is 1.64. The second-order valence-electron chi connectivity index (χ2n) is 4.28. The number of fused-ring (bicyclic) bond motifs is 1. The maximum atomic E-state index is 10.8. The van der Waals surface area contributed by atoms with Gasteiger partial charge in [-0.25, -0.2) is 4.79 Å². The summed E-state index contributed by atoms with van der Waals surface area (Å²) in [6.07, 6.45) is 8.59. The fraction of sp³-hybridized carbons (Fsp3) is 0.545. The molecule has 3 aliphatic rings. The first-order valence-corrected chi connectivity index (χ1v) is 5.13. The highest BCUT2D eigenvalue weighted by molar-refractivity contribution is 5.69. The molecule has 1 heterocycles. The first-order chi connectivity index (χ1) is 6.83. The Labute approximate surface area is 82.8 Å². The molecule has 1 amide bonds. The smallest absolute Gasteiger partial charge is 0.407 e. The predicted octanol–water partition coefficient (Wildman–Crippen LogP) is 1.62. The van der Waals surface area contributed by atoms with E-state index in [0.717, 1.165) is 18.3 Å². The molecule has 2 fully saturated rings. The topological polar surface area (TPSA) is 38.3 Å². The van der Waals surface area contributed by atoms with E-state index in [1.807, 2.05) is 0 Å². The minimum Gasteiger partial charge on any atom is -0.447 e. The lowest BCUT2D eigenvalue weighted by Gasteiger charge is -2.12. The zero-order valence-electron chi connectivity index (χ0n) is 7.90. The van der Waals surface area contributed by atoms with E-state index in [1.54, 1.807) is 0 Å². The average Bonchev–Trinajstić information content (AvgIpc) is 2.86. The molecule has 3 nitrogen and oxygen atoms in total. The number of allylic oxidation sites excluding steroid dienone is 3. The molecule has 3 atom stereocenters. The Morgan fingerprint density at radius 1 is 1.57 bits per heavy atom. The van der Waals surface area contributed by atoms with Crippen molar-refractivity contribution in [3.8, 4) is 0 Å². The lowest BCUT2D eigenvalue weighted by molar-refractivity contribution is 0.176. The van der Waals surface area contributed by atoms with E-state index in [9.17, 15) is 4.79 Å². The second kappa shape index (κ2) is 2.87. The van der Waals surface area contributed by atoms with Gasteiger partial charge in [-0.05, 0) is 24.7 Å². The second-order valence-corrected chi connectivity index (χ2v) is 4.28. The van der Waals surface area contributed by atoms with Gasteiger partial charge in [-0.3, -0.25) is 0 Å². The molecule has 2 aliphatic carbocycles. The van der Waals surface area contributed by atoms with E-state index in [2.05, 4.69) is 23.5 Å². The molecule has 1 N–H and O–H groups in total. The van der Waals surface area contributed by atoms with Crippen LogP contribution in [0.1, 0.15) is 12.8 Å². The summed E-state index contributed by atoms with van der Waals surface area (Å²) in [4.78, 5) is 10.8. The fourth-order valence-corrected chi connectivity index (χ4v) is 2.34. The molecule has 0 spiro atoms. The molecule has 0 bridgehead atoms. The van der Waals surface area contributed by atoms with Crippen LogP contribution >= 0.6 is 0 Å². The van der Waals surface area contributed by atoms with E-state index < -0.39 is 0 Å². The molecule has 1 aliphatic heterocycles. The summed E-state index contributed by atoms with van der Waals surface area (Å²) < 4.78 is 4.86. The molecule has 1 saturated heterocycles. The van der Waals surface area contributed by atoms with Crippen molar-refractivity contribution in [1.82, 2.24) is 5.32 Å². The van der Waals surface area contributed by atoms with Gasteiger partial charge >= 0.3 is 6.09 Å². The van der Waals surface area contributed by atoms with Crippen molar-refractivity contribution in [2.75, 3.05) is 6.61 Å². The third-order valence-electron chi connectivity index (χ3n) is 3.20. The summed E-state index contributed by atoms with van der Waals surface area (Å²) in [6, 6.07) is 0.196. The summed E-state index contributed by atoms with van der Waals surface area (Å²) in [5.41, 5.74) is 1.48. The zero-order valence-corrected chi connectivity index (χ0v) is 7.90. The van der Waals surface area contributed by atoms with Crippen LogP contribution in [-0.2, 0) is 4.74 Å². The van der Waals surface area contributed by atoms with Crippen LogP contribution in [0.4, 0.5) is 4.79 Å². The van der Waals surface area contributed by atoms with Crippen molar-refractivity contribution >= 4 is 6.09 Å². The lowest BCUT2D eigenvalue weighted by Crippen LogP contribution is -2.26. The molecule has 3 heteroatoms. The van der Waals surface area contributed by atoms with Gasteiger partial charge in [0.2, 0.25) is 0 Å². The van der Waals surface area contributed by atoms with Crippen molar-refractivity contribution in [2.45, 2.75) is 18.9 Å². The van der Waals surface area contributed by atoms with Gasteiger partial charge in [-0.15, -0.1) is 0 Å². The van der Waals surface area contributed by atoms with E-state index in [4.69, 9.17) is 4.74 Å². The van der Waals surface area contributed by atoms with Gasteiger partial charge in [0, 0.05) is 0 Å². The normalized spacial score (nSPS) is 38.4. The van der Waals surface area contributed by atoms with Crippen molar-refractivity contribution in [2.24, 2.45) is 11.8 Å². The molecular weight excluding hydrogens is 178 g/mol. The summed E-state index contributed by atoms with van der Waals surface area (Å²) >= 11 is 0. The summed E-state index contributed by atoms with van der Waals surface area (Å²) in [5, 5.41) is 2.81. The monoisotopic (exact) mass is 191 g/mol. The minimum atomic E-state index is -0.269. The molecule has 1 saturated carbocycles. The van der Waals surface area contributed by atoms with E-state index in [1.165, 1.54) is 12.0 Å². The summed E-state index contributed by atoms with van der Waals surface area (Å²) in [7, 11) is 0. The van der Waals surface area contributed by atoms with Gasteiger partial charge < -0.3 is 10.1 Å². The number of amides is 1. The largest absolute Gasteiger partial charge is 0.447 e. The maximum absolute atomic E-state index is 10.8. The number of hydrogen-bond acceptors (Lipinski definition) is 2. The number of carbonyl (C=O) groups excluding carboxylic acids is 1. The molecule has 3 rings (SSSR count). The number of alkyl carbamates (subject to hydrolysis) is 1. The van der Waals surface area contributed by atoms with Crippen molar-refractivity contribution < 1.29 is 9.53 Å². The number of rotatable bonds is 2. The quantitative estimate of drug-likeness (QED) is 0.720. The average molecular weight is 191 g/mol. The number of hydrogen-bond donors (Lipinski definition) is 1. The van der Waals surface area contributed by atoms with Gasteiger partial charge in [-0.1, -0.05) is 23.8 Å². The van der Waals surface area contributed by atoms with Gasteiger partial charge in [-0.2, -0.15) is 0 Å². The van der Waals surface area contributed by atoms with Crippen molar-refractivity contribution in [3.05, 3.63) is 23.8 Å². The molecule has 0 aromatic heterocycles. The molecule has 0 aromatic rings. The molecule has 14 heavy (non-hydrogen) atoms. The molecule has 0 aromatic carbocycles. The van der Waals surface area contributed by atoms with Crippen LogP contribution in [0.5, 0.6) is 0 Å². The van der Waals surface area contributed by atoms with E-state index in [0.29, 0.717) is 6.61 Å². The van der Waals surface area contributed by atoms with Crippen LogP contribution in [0.2, 0.25) is 0 Å². The van der Waals surface area contributed by atoms with Crippen LogP contribution in [0.15, 0.2) is 23.8 Å². The Morgan fingerprint density at radius 3 is 3.29 bits per heavy atom. The number of nitrogens with one attached hydrogen (secondary N) is 1.